The lowest BCUT2D eigenvalue weighted by atomic mass is 10.1. The highest BCUT2D eigenvalue weighted by atomic mass is 79.9. The van der Waals surface area contributed by atoms with E-state index in [2.05, 4.69) is 36.3 Å². The minimum absolute atomic E-state index is 0.0445. The van der Waals surface area contributed by atoms with E-state index in [0.29, 0.717) is 12.2 Å². The lowest BCUT2D eigenvalue weighted by Gasteiger charge is -2.26. The van der Waals surface area contributed by atoms with Gasteiger partial charge in [-0.2, -0.15) is 5.10 Å². The van der Waals surface area contributed by atoms with Crippen molar-refractivity contribution in [2.24, 2.45) is 0 Å². The van der Waals surface area contributed by atoms with Crippen molar-refractivity contribution in [2.75, 3.05) is 25.0 Å². The van der Waals surface area contributed by atoms with Gasteiger partial charge in [-0.15, -0.1) is 0 Å². The number of carbonyl (C=O) groups is 1. The Labute approximate surface area is 157 Å². The number of rotatable bonds is 7. The van der Waals surface area contributed by atoms with Crippen LogP contribution in [0.1, 0.15) is 38.5 Å². The number of H-pyrrole nitrogens is 1. The molecule has 1 aromatic carbocycles. The van der Waals surface area contributed by atoms with Gasteiger partial charge in [0.15, 0.2) is 0 Å². The number of hydrogen-bond donors (Lipinski definition) is 2. The minimum Gasteiger partial charge on any atom is -0.311 e. The number of unbranched alkanes of at least 4 members (excludes halogenated alkanes) is 1. The maximum absolute atomic E-state index is 12.1. The monoisotopic (exact) mass is 404 g/mol. The number of piperidine rings is 1. The third-order valence-corrected chi connectivity index (χ3v) is 5.04. The fourth-order valence-electron chi connectivity index (χ4n) is 3.20. The summed E-state index contributed by atoms with van der Waals surface area (Å²) in [5.41, 5.74) is 1.83. The van der Waals surface area contributed by atoms with Gasteiger partial charge in [0, 0.05) is 22.5 Å². The fraction of sp³-hybridized carbons (Fsp3) is 0.474. The van der Waals surface area contributed by atoms with E-state index in [9.17, 15) is 4.79 Å². The van der Waals surface area contributed by atoms with Gasteiger partial charge in [-0.05, 0) is 57.5 Å². The van der Waals surface area contributed by atoms with Crippen LogP contribution in [-0.2, 0) is 4.79 Å². The minimum atomic E-state index is 0.0445. The van der Waals surface area contributed by atoms with Crippen LogP contribution in [-0.4, -0.2) is 40.6 Å². The fourth-order valence-corrected chi connectivity index (χ4v) is 3.60. The first kappa shape index (κ1) is 18.1. The molecule has 0 unspecified atom stereocenters. The van der Waals surface area contributed by atoms with Crippen molar-refractivity contribution in [3.63, 3.8) is 0 Å². The number of carbonyl (C=O) groups excluding carboxylic acids is 1. The van der Waals surface area contributed by atoms with Gasteiger partial charge in [0.05, 0.1) is 5.69 Å². The number of benzene rings is 1. The molecule has 1 aliphatic rings. The lowest BCUT2D eigenvalue weighted by Crippen LogP contribution is -2.30. The first-order valence-electron chi connectivity index (χ1n) is 9.04. The molecule has 1 aromatic heterocycles. The number of halogens is 1. The largest absolute Gasteiger partial charge is 0.311 e. The van der Waals surface area contributed by atoms with E-state index >= 15 is 0 Å². The number of nitrogens with zero attached hydrogens (tertiary/aromatic N) is 2. The molecule has 0 radical (unpaired) electrons. The Bertz CT molecular complexity index is 694. The molecule has 2 N–H and O–H groups in total. The van der Waals surface area contributed by atoms with E-state index in [0.717, 1.165) is 35.1 Å². The summed E-state index contributed by atoms with van der Waals surface area (Å²) < 4.78 is 1.01. The van der Waals surface area contributed by atoms with Crippen LogP contribution < -0.4 is 5.32 Å². The number of likely N-dealkylation sites (tertiary alicyclic amines) is 1. The first-order chi connectivity index (χ1) is 12.2. The summed E-state index contributed by atoms with van der Waals surface area (Å²) in [7, 11) is 0. The second kappa shape index (κ2) is 9.15. The number of anilines is 1. The Morgan fingerprint density at radius 3 is 2.84 bits per heavy atom. The van der Waals surface area contributed by atoms with Crippen molar-refractivity contribution >= 4 is 27.7 Å². The summed E-state index contributed by atoms with van der Waals surface area (Å²) >= 11 is 3.46. The van der Waals surface area contributed by atoms with Crippen LogP contribution in [0.25, 0.3) is 11.3 Å². The lowest BCUT2D eigenvalue weighted by molar-refractivity contribution is -0.116. The van der Waals surface area contributed by atoms with Gasteiger partial charge in [0.2, 0.25) is 5.91 Å². The molecule has 0 saturated carbocycles. The molecular formula is C19H25BrN4O. The number of aromatic amines is 1. The smallest absolute Gasteiger partial charge is 0.225 e. The summed E-state index contributed by atoms with van der Waals surface area (Å²) in [6.45, 7) is 3.56. The van der Waals surface area contributed by atoms with Gasteiger partial charge < -0.3 is 10.2 Å². The molecule has 1 saturated heterocycles. The van der Waals surface area contributed by atoms with Gasteiger partial charge >= 0.3 is 0 Å². The molecular weight excluding hydrogens is 380 g/mol. The zero-order valence-electron chi connectivity index (χ0n) is 14.4. The van der Waals surface area contributed by atoms with Crippen LogP contribution in [0.4, 0.5) is 5.82 Å². The Kier molecular flexibility index (Phi) is 6.64. The molecule has 1 aliphatic heterocycles. The van der Waals surface area contributed by atoms with Crippen molar-refractivity contribution in [3.05, 3.63) is 34.8 Å². The van der Waals surface area contributed by atoms with E-state index in [1.807, 2.05) is 30.3 Å². The van der Waals surface area contributed by atoms with Gasteiger partial charge in [0.1, 0.15) is 5.82 Å². The molecule has 0 atom stereocenters. The molecule has 0 aliphatic carbocycles. The summed E-state index contributed by atoms with van der Waals surface area (Å²) in [6.07, 6.45) is 6.57. The molecule has 1 fully saturated rings. The van der Waals surface area contributed by atoms with Crippen LogP contribution in [0.5, 0.6) is 0 Å². The maximum Gasteiger partial charge on any atom is 0.225 e. The van der Waals surface area contributed by atoms with Crippen molar-refractivity contribution in [2.45, 2.75) is 38.5 Å². The van der Waals surface area contributed by atoms with Crippen LogP contribution in [0, 0.1) is 0 Å². The standard InChI is InChI=1S/C19H25BrN4O/c20-16-8-6-7-15(13-16)17-14-18(23-22-17)21-19(25)9-2-5-12-24-10-3-1-4-11-24/h6-8,13-14H,1-5,9-12H2,(H2,21,22,23,25). The predicted octanol–water partition coefficient (Wildman–Crippen LogP) is 4.43. The Hall–Kier alpha value is -1.66. The van der Waals surface area contributed by atoms with Gasteiger partial charge in [-0.1, -0.05) is 34.5 Å². The van der Waals surface area contributed by atoms with Crippen molar-refractivity contribution in [3.8, 4) is 11.3 Å². The summed E-state index contributed by atoms with van der Waals surface area (Å²) in [4.78, 5) is 14.6. The van der Waals surface area contributed by atoms with E-state index in [1.54, 1.807) is 0 Å². The molecule has 25 heavy (non-hydrogen) atoms. The summed E-state index contributed by atoms with van der Waals surface area (Å²) in [5, 5.41) is 10.1. The molecule has 0 bridgehead atoms. The number of nitrogens with one attached hydrogen (secondary N) is 2. The molecule has 5 nitrogen and oxygen atoms in total. The molecule has 2 aromatic rings. The Balaban J connectivity index is 1.41. The first-order valence-corrected chi connectivity index (χ1v) is 9.83. The average molecular weight is 405 g/mol. The zero-order valence-corrected chi connectivity index (χ0v) is 16.0. The van der Waals surface area contributed by atoms with Crippen LogP contribution in [0.2, 0.25) is 0 Å². The highest BCUT2D eigenvalue weighted by Crippen LogP contribution is 2.23. The third kappa shape index (κ3) is 5.68. The van der Waals surface area contributed by atoms with Crippen molar-refractivity contribution in [1.29, 1.82) is 0 Å². The zero-order chi connectivity index (χ0) is 17.5. The van der Waals surface area contributed by atoms with Gasteiger partial charge in [-0.25, -0.2) is 0 Å². The van der Waals surface area contributed by atoms with Crippen LogP contribution in [0.15, 0.2) is 34.8 Å². The van der Waals surface area contributed by atoms with Crippen LogP contribution in [0.3, 0.4) is 0 Å². The van der Waals surface area contributed by atoms with Crippen molar-refractivity contribution < 1.29 is 4.79 Å². The number of aromatic nitrogens is 2. The molecule has 1 amide bonds. The van der Waals surface area contributed by atoms with E-state index in [4.69, 9.17) is 0 Å². The van der Waals surface area contributed by atoms with E-state index in [-0.39, 0.29) is 5.91 Å². The molecule has 2 heterocycles. The van der Waals surface area contributed by atoms with Gasteiger partial charge in [-0.3, -0.25) is 9.89 Å². The van der Waals surface area contributed by atoms with Gasteiger partial charge in [0.25, 0.3) is 0 Å². The van der Waals surface area contributed by atoms with Crippen LogP contribution >= 0.6 is 15.9 Å². The molecule has 0 spiro atoms. The maximum atomic E-state index is 12.1. The Morgan fingerprint density at radius 1 is 1.20 bits per heavy atom. The predicted molar refractivity (Wildman–Crippen MR) is 104 cm³/mol. The van der Waals surface area contributed by atoms with Crippen molar-refractivity contribution in [1.82, 2.24) is 15.1 Å². The third-order valence-electron chi connectivity index (χ3n) is 4.55. The van der Waals surface area contributed by atoms with E-state index in [1.165, 1.54) is 32.4 Å². The molecule has 3 rings (SSSR count). The summed E-state index contributed by atoms with van der Waals surface area (Å²) in [6, 6.07) is 9.81. The number of hydrogen-bond acceptors (Lipinski definition) is 3. The Morgan fingerprint density at radius 2 is 2.04 bits per heavy atom. The topological polar surface area (TPSA) is 61.0 Å². The number of amides is 1. The highest BCUT2D eigenvalue weighted by molar-refractivity contribution is 9.10. The molecule has 134 valence electrons. The summed E-state index contributed by atoms with van der Waals surface area (Å²) in [5.74, 6) is 0.694. The SMILES string of the molecule is O=C(CCCCN1CCCCC1)Nc1cc(-c2cccc(Br)c2)n[nH]1. The normalized spacial score (nSPS) is 15.2. The van der Waals surface area contributed by atoms with E-state index < -0.39 is 0 Å². The highest BCUT2D eigenvalue weighted by Gasteiger charge is 2.10. The second-order valence-corrected chi connectivity index (χ2v) is 7.50. The quantitative estimate of drug-likeness (QED) is 0.670. The second-order valence-electron chi connectivity index (χ2n) is 6.58. The molecule has 6 heteroatoms. The average Bonchev–Trinajstić information content (AvgIpc) is 3.08.